The first-order valence-electron chi connectivity index (χ1n) is 3.43. The summed E-state index contributed by atoms with van der Waals surface area (Å²) in [5.74, 6) is 0.183. The van der Waals surface area contributed by atoms with Crippen LogP contribution in [-0.2, 0) is 0 Å². The Balaban J connectivity index is 2.93. The van der Waals surface area contributed by atoms with Crippen molar-refractivity contribution < 1.29 is 4.79 Å². The Morgan fingerprint density at radius 2 is 2.40 bits per heavy atom. The van der Waals surface area contributed by atoms with Crippen molar-refractivity contribution in [1.82, 2.24) is 4.98 Å². The maximum atomic E-state index is 11.1. The topological polar surface area (TPSA) is 32.9 Å². The largest absolute Gasteiger partial charge is 0.359 e. The quantitative estimate of drug-likeness (QED) is 0.620. The third-order valence-corrected chi connectivity index (χ3v) is 1.56. The highest BCUT2D eigenvalue weighted by Crippen LogP contribution is 2.06. The second kappa shape index (κ2) is 2.69. The Morgan fingerprint density at radius 1 is 1.70 bits per heavy atom. The molecule has 0 bridgehead atoms. The van der Waals surface area contributed by atoms with Gasteiger partial charge in [-0.3, -0.25) is 4.79 Å². The molecule has 0 unspecified atom stereocenters. The lowest BCUT2D eigenvalue weighted by Gasteiger charge is -1.93. The molecular weight excluding hydrogens is 126 g/mol. The van der Waals surface area contributed by atoms with E-state index in [2.05, 4.69) is 4.98 Å². The molecule has 0 spiro atoms. The fourth-order valence-corrected chi connectivity index (χ4v) is 0.924. The maximum Gasteiger partial charge on any atom is 0.178 e. The average Bonchev–Trinajstić information content (AvgIpc) is 2.34. The summed E-state index contributed by atoms with van der Waals surface area (Å²) in [5.41, 5.74) is 1.79. The number of hydrogen-bond acceptors (Lipinski definition) is 1. The number of H-pyrrole nitrogens is 1. The zero-order valence-corrected chi connectivity index (χ0v) is 6.27. The number of aryl methyl sites for hydroxylation is 1. The van der Waals surface area contributed by atoms with Gasteiger partial charge in [0.05, 0.1) is 5.69 Å². The predicted molar refractivity (Wildman–Crippen MR) is 40.2 cm³/mol. The van der Waals surface area contributed by atoms with Crippen LogP contribution >= 0.6 is 0 Å². The van der Waals surface area contributed by atoms with Crippen LogP contribution in [0, 0.1) is 6.92 Å². The molecule has 1 rings (SSSR count). The fourth-order valence-electron chi connectivity index (χ4n) is 0.924. The van der Waals surface area contributed by atoms with Crippen LogP contribution in [0.2, 0.25) is 0 Å². The summed E-state index contributed by atoms with van der Waals surface area (Å²) >= 11 is 0. The first-order valence-corrected chi connectivity index (χ1v) is 3.43. The molecule has 0 fully saturated rings. The molecule has 0 radical (unpaired) electrons. The van der Waals surface area contributed by atoms with Gasteiger partial charge in [0, 0.05) is 12.6 Å². The Morgan fingerprint density at radius 3 is 2.80 bits per heavy atom. The maximum absolute atomic E-state index is 11.1. The van der Waals surface area contributed by atoms with Crippen LogP contribution in [0.1, 0.15) is 29.4 Å². The smallest absolute Gasteiger partial charge is 0.178 e. The van der Waals surface area contributed by atoms with Gasteiger partial charge in [-0.15, -0.1) is 0 Å². The van der Waals surface area contributed by atoms with Crippen molar-refractivity contribution in [1.29, 1.82) is 0 Å². The van der Waals surface area contributed by atoms with Crippen LogP contribution in [0.5, 0.6) is 0 Å². The molecule has 0 aliphatic rings. The van der Waals surface area contributed by atoms with Crippen LogP contribution < -0.4 is 0 Å². The molecule has 1 heterocycles. The minimum Gasteiger partial charge on any atom is -0.359 e. The minimum atomic E-state index is 0.183. The second-order valence-corrected chi connectivity index (χ2v) is 2.31. The zero-order valence-electron chi connectivity index (χ0n) is 6.27. The van der Waals surface area contributed by atoms with Crippen molar-refractivity contribution in [3.8, 4) is 0 Å². The van der Waals surface area contributed by atoms with Crippen molar-refractivity contribution in [2.75, 3.05) is 0 Å². The van der Waals surface area contributed by atoms with E-state index in [0.29, 0.717) is 6.42 Å². The molecule has 0 aromatic carbocycles. The Labute approximate surface area is 60.3 Å². The van der Waals surface area contributed by atoms with E-state index in [1.807, 2.05) is 19.9 Å². The molecule has 2 heteroatoms. The number of hydrogen-bond donors (Lipinski definition) is 1. The van der Waals surface area contributed by atoms with E-state index in [4.69, 9.17) is 0 Å². The molecule has 0 amide bonds. The molecule has 0 atom stereocenters. The van der Waals surface area contributed by atoms with Gasteiger partial charge in [-0.25, -0.2) is 0 Å². The molecule has 54 valence electrons. The van der Waals surface area contributed by atoms with Crippen LogP contribution in [0.25, 0.3) is 0 Å². The van der Waals surface area contributed by atoms with E-state index in [0.717, 1.165) is 11.3 Å². The highest BCUT2D eigenvalue weighted by molar-refractivity contribution is 5.95. The van der Waals surface area contributed by atoms with Crippen molar-refractivity contribution in [2.24, 2.45) is 0 Å². The van der Waals surface area contributed by atoms with E-state index in [1.165, 1.54) is 0 Å². The van der Waals surface area contributed by atoms with Crippen LogP contribution in [0.4, 0.5) is 0 Å². The second-order valence-electron chi connectivity index (χ2n) is 2.31. The number of carbonyl (C=O) groups is 1. The van der Waals surface area contributed by atoms with Crippen molar-refractivity contribution >= 4 is 5.78 Å². The summed E-state index contributed by atoms with van der Waals surface area (Å²) in [4.78, 5) is 14.0. The number of aromatic nitrogens is 1. The van der Waals surface area contributed by atoms with Crippen molar-refractivity contribution in [3.05, 3.63) is 23.5 Å². The molecule has 2 nitrogen and oxygen atoms in total. The van der Waals surface area contributed by atoms with Gasteiger partial charge in [-0.2, -0.15) is 0 Å². The monoisotopic (exact) mass is 137 g/mol. The Hall–Kier alpha value is -1.05. The molecular formula is C8H11NO. The van der Waals surface area contributed by atoms with E-state index in [9.17, 15) is 4.79 Å². The van der Waals surface area contributed by atoms with Gasteiger partial charge < -0.3 is 4.98 Å². The Kier molecular flexibility index (Phi) is 1.90. The third kappa shape index (κ3) is 1.10. The number of carbonyl (C=O) groups excluding carboxylic acids is 1. The standard InChI is InChI=1S/C8H11NO/c1-3-7(10)8-6(2)4-5-9-8/h4-5,9H,3H2,1-2H3. The summed E-state index contributed by atoms with van der Waals surface area (Å²) in [6.07, 6.45) is 2.36. The molecule has 1 N–H and O–H groups in total. The fraction of sp³-hybridized carbons (Fsp3) is 0.375. The summed E-state index contributed by atoms with van der Waals surface area (Å²) in [5, 5.41) is 0. The summed E-state index contributed by atoms with van der Waals surface area (Å²) < 4.78 is 0. The molecule has 0 aliphatic heterocycles. The number of nitrogens with one attached hydrogen (secondary N) is 1. The highest BCUT2D eigenvalue weighted by atomic mass is 16.1. The number of Topliss-reactive ketones (excluding diaryl/α,β-unsaturated/α-hetero) is 1. The zero-order chi connectivity index (χ0) is 7.56. The SMILES string of the molecule is CCC(=O)c1[nH]ccc1C. The van der Waals surface area contributed by atoms with Gasteiger partial charge in [-0.1, -0.05) is 6.92 Å². The normalized spacial score (nSPS) is 9.80. The van der Waals surface area contributed by atoms with Crippen molar-refractivity contribution in [2.45, 2.75) is 20.3 Å². The van der Waals surface area contributed by atoms with Crippen molar-refractivity contribution in [3.63, 3.8) is 0 Å². The average molecular weight is 137 g/mol. The number of rotatable bonds is 2. The summed E-state index contributed by atoms with van der Waals surface area (Å²) in [6.45, 7) is 3.79. The first-order chi connectivity index (χ1) is 4.75. The van der Waals surface area contributed by atoms with Crippen LogP contribution in [0.3, 0.4) is 0 Å². The molecule has 1 aromatic heterocycles. The lowest BCUT2D eigenvalue weighted by atomic mass is 10.2. The van der Waals surface area contributed by atoms with Gasteiger partial charge in [0.25, 0.3) is 0 Å². The van der Waals surface area contributed by atoms with Crippen LogP contribution in [0.15, 0.2) is 12.3 Å². The van der Waals surface area contributed by atoms with Crippen LogP contribution in [-0.4, -0.2) is 10.8 Å². The predicted octanol–water partition coefficient (Wildman–Crippen LogP) is 1.92. The van der Waals surface area contributed by atoms with Gasteiger partial charge >= 0.3 is 0 Å². The number of ketones is 1. The van der Waals surface area contributed by atoms with Gasteiger partial charge in [-0.05, 0) is 18.6 Å². The van der Waals surface area contributed by atoms with E-state index in [1.54, 1.807) is 6.20 Å². The van der Waals surface area contributed by atoms with Gasteiger partial charge in [0.2, 0.25) is 0 Å². The molecule has 0 saturated carbocycles. The summed E-state index contributed by atoms with van der Waals surface area (Å²) in [6, 6.07) is 1.91. The highest BCUT2D eigenvalue weighted by Gasteiger charge is 2.05. The van der Waals surface area contributed by atoms with Gasteiger partial charge in [0.1, 0.15) is 0 Å². The molecule has 1 aromatic rings. The molecule has 10 heavy (non-hydrogen) atoms. The lowest BCUT2D eigenvalue weighted by Crippen LogP contribution is -1.98. The third-order valence-electron chi connectivity index (χ3n) is 1.56. The molecule has 0 aliphatic carbocycles. The van der Waals surface area contributed by atoms with E-state index in [-0.39, 0.29) is 5.78 Å². The lowest BCUT2D eigenvalue weighted by molar-refractivity contribution is 0.0983. The van der Waals surface area contributed by atoms with Gasteiger partial charge in [0.15, 0.2) is 5.78 Å². The first kappa shape index (κ1) is 7.06. The Bertz CT molecular complexity index is 237. The minimum absolute atomic E-state index is 0.183. The number of aromatic amines is 1. The van der Waals surface area contributed by atoms with E-state index >= 15 is 0 Å². The summed E-state index contributed by atoms with van der Waals surface area (Å²) in [7, 11) is 0. The van der Waals surface area contributed by atoms with E-state index < -0.39 is 0 Å². The molecule has 0 saturated heterocycles.